The largest absolute Gasteiger partial charge is 0.357 e. The van der Waals surface area contributed by atoms with Crippen LogP contribution in [-0.4, -0.2) is 45.1 Å². The molecule has 30 heavy (non-hydrogen) atoms. The second kappa shape index (κ2) is 12.8. The smallest absolute Gasteiger partial charge is 0.191 e. The van der Waals surface area contributed by atoms with E-state index in [1.54, 1.807) is 23.1 Å². The number of rotatable bonds is 9. The van der Waals surface area contributed by atoms with E-state index in [4.69, 9.17) is 0 Å². The van der Waals surface area contributed by atoms with Crippen molar-refractivity contribution in [1.29, 1.82) is 0 Å². The number of aryl methyl sites for hydroxylation is 3. The molecule has 168 valence electrons. The number of nitrogens with zero attached hydrogens (tertiary/aromatic N) is 5. The van der Waals surface area contributed by atoms with Gasteiger partial charge in [-0.05, 0) is 46.3 Å². The molecule has 1 aliphatic carbocycles. The monoisotopic (exact) mass is 563 g/mol. The van der Waals surface area contributed by atoms with Crippen LogP contribution in [-0.2, 0) is 13.0 Å². The van der Waals surface area contributed by atoms with Crippen molar-refractivity contribution >= 4 is 53.0 Å². The van der Waals surface area contributed by atoms with Gasteiger partial charge in [0.15, 0.2) is 11.1 Å². The molecule has 0 unspecified atom stereocenters. The number of hydrogen-bond acceptors (Lipinski definition) is 6. The summed E-state index contributed by atoms with van der Waals surface area (Å²) in [6, 6.07) is 0.583. The van der Waals surface area contributed by atoms with E-state index >= 15 is 0 Å². The van der Waals surface area contributed by atoms with Gasteiger partial charge in [-0.1, -0.05) is 24.6 Å². The molecule has 0 aromatic carbocycles. The fourth-order valence-corrected chi connectivity index (χ4v) is 5.13. The van der Waals surface area contributed by atoms with Crippen LogP contribution in [0.3, 0.4) is 0 Å². The Kier molecular flexibility index (Phi) is 10.9. The van der Waals surface area contributed by atoms with Crippen molar-refractivity contribution in [3.05, 3.63) is 21.4 Å². The first kappa shape index (κ1) is 25.4. The first-order chi connectivity index (χ1) is 14.1. The predicted molar refractivity (Wildman–Crippen MR) is 137 cm³/mol. The maximum absolute atomic E-state index is 4.69. The molecule has 2 N–H and O–H groups in total. The van der Waals surface area contributed by atoms with Gasteiger partial charge >= 0.3 is 0 Å². The molecular weight excluding hydrogens is 529 g/mol. The van der Waals surface area contributed by atoms with Gasteiger partial charge in [-0.3, -0.25) is 0 Å². The molecule has 7 nitrogen and oxygen atoms in total. The molecule has 3 rings (SSSR count). The van der Waals surface area contributed by atoms with Crippen molar-refractivity contribution < 1.29 is 0 Å². The average molecular weight is 564 g/mol. The summed E-state index contributed by atoms with van der Waals surface area (Å²) >= 11 is 3.43. The van der Waals surface area contributed by atoms with E-state index in [-0.39, 0.29) is 24.0 Å². The summed E-state index contributed by atoms with van der Waals surface area (Å²) in [6.07, 6.45) is 9.16. The Bertz CT molecular complexity index is 793. The molecule has 2 heterocycles. The number of thioether (sulfide) groups is 1. The van der Waals surface area contributed by atoms with Gasteiger partial charge in [0, 0.05) is 30.4 Å². The predicted octanol–water partition coefficient (Wildman–Crippen LogP) is 4.49. The van der Waals surface area contributed by atoms with E-state index in [9.17, 15) is 0 Å². The third-order valence-corrected chi connectivity index (χ3v) is 6.97. The second-order valence-corrected chi connectivity index (χ2v) is 9.45. The standard InChI is InChI=1S/C20H33N7S2.HI/c1-5-21-19(23-13-18-24-14(2)15(3)29-18)22-12-8-11-17-25-26-20(28-4)27(17)16-9-6-7-10-16;/h16H,5-13H2,1-4H3,(H2,21,22,23);1H. The lowest BCUT2D eigenvalue weighted by Gasteiger charge is -2.16. The molecule has 0 aliphatic heterocycles. The van der Waals surface area contributed by atoms with Crippen molar-refractivity contribution in [3.8, 4) is 0 Å². The number of aliphatic imine (C=N–C) groups is 1. The Morgan fingerprint density at radius 1 is 1.23 bits per heavy atom. The van der Waals surface area contributed by atoms with Crippen LogP contribution in [0.15, 0.2) is 10.1 Å². The van der Waals surface area contributed by atoms with Gasteiger partial charge in [0.1, 0.15) is 10.8 Å². The zero-order valence-corrected chi connectivity index (χ0v) is 22.4. The number of thiazole rings is 1. The van der Waals surface area contributed by atoms with Crippen molar-refractivity contribution in [2.24, 2.45) is 4.99 Å². The van der Waals surface area contributed by atoms with Crippen LogP contribution in [0.25, 0.3) is 0 Å². The van der Waals surface area contributed by atoms with E-state index < -0.39 is 0 Å². The summed E-state index contributed by atoms with van der Waals surface area (Å²) in [7, 11) is 0. The normalized spacial score (nSPS) is 14.7. The van der Waals surface area contributed by atoms with Gasteiger partial charge in [0.05, 0.1) is 12.2 Å². The molecule has 0 amide bonds. The van der Waals surface area contributed by atoms with Crippen molar-refractivity contribution in [1.82, 2.24) is 30.4 Å². The Morgan fingerprint density at radius 2 is 2.00 bits per heavy atom. The molecule has 0 bridgehead atoms. The minimum atomic E-state index is 0. The van der Waals surface area contributed by atoms with Crippen LogP contribution in [0.1, 0.15) is 66.5 Å². The Morgan fingerprint density at radius 3 is 2.63 bits per heavy atom. The molecular formula is C20H34IN7S2. The first-order valence-electron chi connectivity index (χ1n) is 10.5. The van der Waals surface area contributed by atoms with E-state index in [0.29, 0.717) is 12.6 Å². The zero-order valence-electron chi connectivity index (χ0n) is 18.4. The molecule has 2 aromatic rings. The van der Waals surface area contributed by atoms with Crippen molar-refractivity contribution in [3.63, 3.8) is 0 Å². The fraction of sp³-hybridized carbons (Fsp3) is 0.700. The molecule has 0 spiro atoms. The van der Waals surface area contributed by atoms with Gasteiger partial charge in [-0.15, -0.1) is 45.5 Å². The molecule has 0 atom stereocenters. The van der Waals surface area contributed by atoms with Crippen LogP contribution >= 0.6 is 47.1 Å². The maximum atomic E-state index is 4.69. The molecule has 1 saturated carbocycles. The second-order valence-electron chi connectivity index (χ2n) is 7.39. The van der Waals surface area contributed by atoms with E-state index in [1.807, 2.05) is 0 Å². The quantitative estimate of drug-likeness (QED) is 0.154. The van der Waals surface area contributed by atoms with E-state index in [0.717, 1.165) is 53.6 Å². The molecule has 2 aromatic heterocycles. The Labute approximate surface area is 205 Å². The van der Waals surface area contributed by atoms with Crippen LogP contribution in [0.2, 0.25) is 0 Å². The highest BCUT2D eigenvalue weighted by Crippen LogP contribution is 2.33. The first-order valence-corrected chi connectivity index (χ1v) is 12.6. The average Bonchev–Trinajstić information content (AvgIpc) is 3.43. The molecule has 0 radical (unpaired) electrons. The molecule has 1 aliphatic rings. The summed E-state index contributed by atoms with van der Waals surface area (Å²) in [5, 5.41) is 17.8. The van der Waals surface area contributed by atoms with Gasteiger partial charge in [0.25, 0.3) is 0 Å². The highest BCUT2D eigenvalue weighted by atomic mass is 127. The lowest BCUT2D eigenvalue weighted by molar-refractivity contribution is 0.460. The van der Waals surface area contributed by atoms with Gasteiger partial charge in [-0.2, -0.15) is 0 Å². The molecule has 10 heteroatoms. The van der Waals surface area contributed by atoms with Crippen LogP contribution in [0.4, 0.5) is 0 Å². The maximum Gasteiger partial charge on any atom is 0.191 e. The van der Waals surface area contributed by atoms with Crippen LogP contribution in [0.5, 0.6) is 0 Å². The van der Waals surface area contributed by atoms with Gasteiger partial charge in [-0.25, -0.2) is 9.98 Å². The number of guanidine groups is 1. The number of nitrogens with one attached hydrogen (secondary N) is 2. The number of halogens is 1. The van der Waals surface area contributed by atoms with E-state index in [1.165, 1.54) is 30.6 Å². The molecule has 1 fully saturated rings. The van der Waals surface area contributed by atoms with Crippen LogP contribution in [0, 0.1) is 13.8 Å². The Hall–Kier alpha value is -0.880. The van der Waals surface area contributed by atoms with Gasteiger partial charge in [0.2, 0.25) is 0 Å². The topological polar surface area (TPSA) is 80.0 Å². The van der Waals surface area contributed by atoms with E-state index in [2.05, 4.69) is 62.4 Å². The Balaban J connectivity index is 0.00000320. The zero-order chi connectivity index (χ0) is 20.6. The van der Waals surface area contributed by atoms with Crippen molar-refractivity contribution in [2.45, 2.75) is 77.0 Å². The molecule has 0 saturated heterocycles. The van der Waals surface area contributed by atoms with Crippen LogP contribution < -0.4 is 10.6 Å². The third kappa shape index (κ3) is 6.81. The lowest BCUT2D eigenvalue weighted by Crippen LogP contribution is -2.37. The summed E-state index contributed by atoms with van der Waals surface area (Å²) in [6.45, 7) is 8.55. The minimum Gasteiger partial charge on any atom is -0.357 e. The highest BCUT2D eigenvalue weighted by Gasteiger charge is 2.23. The summed E-state index contributed by atoms with van der Waals surface area (Å²) in [5.41, 5.74) is 1.11. The number of aromatic nitrogens is 4. The number of hydrogen-bond donors (Lipinski definition) is 2. The fourth-order valence-electron chi connectivity index (χ4n) is 3.69. The summed E-state index contributed by atoms with van der Waals surface area (Å²) in [4.78, 5) is 10.5. The lowest BCUT2D eigenvalue weighted by atomic mass is 10.2. The minimum absolute atomic E-state index is 0. The third-order valence-electron chi connectivity index (χ3n) is 5.27. The highest BCUT2D eigenvalue weighted by molar-refractivity contribution is 14.0. The summed E-state index contributed by atoms with van der Waals surface area (Å²) < 4.78 is 2.39. The van der Waals surface area contributed by atoms with Crippen molar-refractivity contribution in [2.75, 3.05) is 19.3 Å². The SMILES string of the molecule is CCNC(=NCc1nc(C)c(C)s1)NCCCc1nnc(SC)n1C1CCCC1.I. The summed E-state index contributed by atoms with van der Waals surface area (Å²) in [5.74, 6) is 1.97. The van der Waals surface area contributed by atoms with Gasteiger partial charge < -0.3 is 15.2 Å².